The van der Waals surface area contributed by atoms with Crippen LogP contribution in [0.2, 0.25) is 0 Å². The van der Waals surface area contributed by atoms with Crippen LogP contribution in [0.3, 0.4) is 0 Å². The van der Waals surface area contributed by atoms with Crippen LogP contribution in [0.25, 0.3) is 0 Å². The largest absolute Gasteiger partial charge is 0.311 e. The van der Waals surface area contributed by atoms with Crippen molar-refractivity contribution in [2.45, 2.75) is 6.92 Å². The average Bonchev–Trinajstić information content (AvgIpc) is 1.88. The van der Waals surface area contributed by atoms with Crippen molar-refractivity contribution in [1.82, 2.24) is 10.4 Å². The first-order valence-electron chi connectivity index (χ1n) is 3.03. The van der Waals surface area contributed by atoms with E-state index in [-0.39, 0.29) is 0 Å². The minimum atomic E-state index is 0.729. The van der Waals surface area contributed by atoms with Crippen molar-refractivity contribution in [3.63, 3.8) is 0 Å². The summed E-state index contributed by atoms with van der Waals surface area (Å²) in [5.41, 5.74) is 3.81. The second kappa shape index (κ2) is 4.36. The summed E-state index contributed by atoms with van der Waals surface area (Å²) in [6, 6.07) is 0. The van der Waals surface area contributed by atoms with E-state index in [9.17, 15) is 0 Å². The number of hydrogen-bond donors (Lipinski definition) is 1. The molecular weight excluding hydrogens is 148 g/mol. The number of halogens is 1. The first-order valence-corrected chi connectivity index (χ1v) is 3.41. The zero-order valence-corrected chi connectivity index (χ0v) is 7.37. The fraction of sp³-hybridized carbons (Fsp3) is 0.429. The molecule has 0 saturated carbocycles. The van der Waals surface area contributed by atoms with Crippen LogP contribution in [0, 0.1) is 0 Å². The lowest BCUT2D eigenvalue weighted by atomic mass is 10.4. The third kappa shape index (κ3) is 2.42. The molecule has 58 valence electrons. The molecule has 0 aliphatic heterocycles. The number of rotatable bonds is 3. The molecular formula is C7H13ClN2. The number of nitrogens with zero attached hydrogens (tertiary/aromatic N) is 1. The Hall–Kier alpha value is -0.470. The van der Waals surface area contributed by atoms with E-state index in [1.54, 1.807) is 11.1 Å². The SMILES string of the molecule is C=C/C(=C(\C)Cl)N(C)NC. The molecule has 0 amide bonds. The molecule has 0 saturated heterocycles. The van der Waals surface area contributed by atoms with E-state index in [2.05, 4.69) is 12.0 Å². The van der Waals surface area contributed by atoms with Gasteiger partial charge in [-0.05, 0) is 13.0 Å². The molecule has 0 radical (unpaired) electrons. The lowest BCUT2D eigenvalue weighted by Gasteiger charge is -2.18. The van der Waals surface area contributed by atoms with E-state index in [0.717, 1.165) is 10.7 Å². The quantitative estimate of drug-likeness (QED) is 0.500. The minimum Gasteiger partial charge on any atom is -0.311 e. The second-order valence-electron chi connectivity index (χ2n) is 1.91. The first-order chi connectivity index (χ1) is 4.63. The van der Waals surface area contributed by atoms with Gasteiger partial charge in [-0.15, -0.1) is 0 Å². The molecule has 0 atom stereocenters. The summed E-state index contributed by atoms with van der Waals surface area (Å²) >= 11 is 5.74. The molecule has 0 spiro atoms. The minimum absolute atomic E-state index is 0.729. The van der Waals surface area contributed by atoms with Gasteiger partial charge in [0.15, 0.2) is 0 Å². The lowest BCUT2D eigenvalue weighted by Crippen LogP contribution is -2.29. The summed E-state index contributed by atoms with van der Waals surface area (Å²) in [4.78, 5) is 0. The van der Waals surface area contributed by atoms with Crippen LogP contribution in [0.5, 0.6) is 0 Å². The maximum atomic E-state index is 5.74. The number of likely N-dealkylation sites (N-methyl/N-ethyl adjacent to an activating group) is 1. The standard InChI is InChI=1S/C7H13ClN2/c1-5-7(6(2)8)10(4)9-3/h5,9H,1H2,2-4H3/b7-6-. The van der Waals surface area contributed by atoms with E-state index in [1.807, 2.05) is 21.0 Å². The molecule has 0 aromatic heterocycles. The molecule has 0 aliphatic rings. The second-order valence-corrected chi connectivity index (χ2v) is 2.47. The Morgan fingerprint density at radius 2 is 2.20 bits per heavy atom. The van der Waals surface area contributed by atoms with E-state index >= 15 is 0 Å². The average molecular weight is 161 g/mol. The van der Waals surface area contributed by atoms with Gasteiger partial charge in [-0.25, -0.2) is 5.43 Å². The van der Waals surface area contributed by atoms with E-state index in [1.165, 1.54) is 0 Å². The number of hydrazine groups is 1. The summed E-state index contributed by atoms with van der Waals surface area (Å²) in [5.74, 6) is 0. The van der Waals surface area contributed by atoms with Crippen molar-refractivity contribution in [3.05, 3.63) is 23.4 Å². The zero-order valence-electron chi connectivity index (χ0n) is 6.61. The van der Waals surface area contributed by atoms with Gasteiger partial charge >= 0.3 is 0 Å². The first kappa shape index (κ1) is 9.53. The maximum absolute atomic E-state index is 5.74. The van der Waals surface area contributed by atoms with Gasteiger partial charge in [-0.1, -0.05) is 18.2 Å². The Morgan fingerprint density at radius 1 is 1.70 bits per heavy atom. The Bertz CT molecular complexity index is 148. The third-order valence-corrected chi connectivity index (χ3v) is 1.44. The fourth-order valence-electron chi connectivity index (χ4n) is 0.629. The van der Waals surface area contributed by atoms with Crippen LogP contribution in [-0.2, 0) is 0 Å². The summed E-state index contributed by atoms with van der Waals surface area (Å²) in [5, 5.41) is 2.53. The molecule has 3 heteroatoms. The molecule has 2 nitrogen and oxygen atoms in total. The van der Waals surface area contributed by atoms with Crippen LogP contribution in [-0.4, -0.2) is 19.1 Å². The highest BCUT2D eigenvalue weighted by Gasteiger charge is 1.99. The monoisotopic (exact) mass is 160 g/mol. The van der Waals surface area contributed by atoms with Gasteiger partial charge in [0.2, 0.25) is 0 Å². The molecule has 10 heavy (non-hydrogen) atoms. The molecule has 0 rings (SSSR count). The van der Waals surface area contributed by atoms with Gasteiger partial charge in [-0.2, -0.15) is 0 Å². The Balaban J connectivity index is 4.36. The van der Waals surface area contributed by atoms with Gasteiger partial charge in [-0.3, -0.25) is 0 Å². The highest BCUT2D eigenvalue weighted by Crippen LogP contribution is 2.10. The Morgan fingerprint density at radius 3 is 2.30 bits per heavy atom. The van der Waals surface area contributed by atoms with Gasteiger partial charge in [0.1, 0.15) is 0 Å². The Kier molecular flexibility index (Phi) is 4.16. The highest BCUT2D eigenvalue weighted by atomic mass is 35.5. The van der Waals surface area contributed by atoms with Crippen molar-refractivity contribution < 1.29 is 0 Å². The normalized spacial score (nSPS) is 12.4. The van der Waals surface area contributed by atoms with Gasteiger partial charge in [0, 0.05) is 19.1 Å². The predicted molar refractivity (Wildman–Crippen MR) is 45.6 cm³/mol. The van der Waals surface area contributed by atoms with Gasteiger partial charge in [0.25, 0.3) is 0 Å². The van der Waals surface area contributed by atoms with E-state index in [0.29, 0.717) is 0 Å². The van der Waals surface area contributed by atoms with Crippen LogP contribution in [0.4, 0.5) is 0 Å². The fourth-order valence-corrected chi connectivity index (χ4v) is 0.833. The number of allylic oxidation sites excluding steroid dienone is 2. The van der Waals surface area contributed by atoms with Crippen LogP contribution in [0.1, 0.15) is 6.92 Å². The summed E-state index contributed by atoms with van der Waals surface area (Å²) < 4.78 is 0. The Labute approximate surface area is 67.1 Å². The molecule has 0 aromatic carbocycles. The molecule has 0 heterocycles. The topological polar surface area (TPSA) is 15.3 Å². The molecule has 0 aromatic rings. The smallest absolute Gasteiger partial charge is 0.0652 e. The van der Waals surface area contributed by atoms with Crippen LogP contribution < -0.4 is 5.43 Å². The lowest BCUT2D eigenvalue weighted by molar-refractivity contribution is 0.342. The summed E-state index contributed by atoms with van der Waals surface area (Å²) in [6.45, 7) is 5.45. The molecule has 0 fully saturated rings. The van der Waals surface area contributed by atoms with Crippen molar-refractivity contribution in [2.24, 2.45) is 0 Å². The third-order valence-electron chi connectivity index (χ3n) is 1.24. The molecule has 1 N–H and O–H groups in total. The number of nitrogens with one attached hydrogen (secondary N) is 1. The van der Waals surface area contributed by atoms with Crippen molar-refractivity contribution in [1.29, 1.82) is 0 Å². The van der Waals surface area contributed by atoms with E-state index < -0.39 is 0 Å². The molecule has 0 bridgehead atoms. The summed E-state index contributed by atoms with van der Waals surface area (Å²) in [7, 11) is 3.70. The van der Waals surface area contributed by atoms with Gasteiger partial charge < -0.3 is 5.01 Å². The maximum Gasteiger partial charge on any atom is 0.0652 e. The predicted octanol–water partition coefficient (Wildman–Crippen LogP) is 1.71. The van der Waals surface area contributed by atoms with Crippen LogP contribution in [0.15, 0.2) is 23.4 Å². The van der Waals surface area contributed by atoms with Crippen LogP contribution >= 0.6 is 11.6 Å². The van der Waals surface area contributed by atoms with Crippen molar-refractivity contribution >= 4 is 11.6 Å². The number of hydrogen-bond acceptors (Lipinski definition) is 2. The highest BCUT2D eigenvalue weighted by molar-refractivity contribution is 6.29. The van der Waals surface area contributed by atoms with E-state index in [4.69, 9.17) is 11.6 Å². The molecule has 0 aliphatic carbocycles. The zero-order chi connectivity index (χ0) is 8.15. The van der Waals surface area contributed by atoms with Gasteiger partial charge in [0.05, 0.1) is 5.70 Å². The van der Waals surface area contributed by atoms with Crippen molar-refractivity contribution in [3.8, 4) is 0 Å². The molecule has 0 unspecified atom stereocenters. The van der Waals surface area contributed by atoms with Crippen molar-refractivity contribution in [2.75, 3.05) is 14.1 Å². The summed E-state index contributed by atoms with van der Waals surface area (Å²) in [6.07, 6.45) is 1.71.